The molecule has 0 unspecified atom stereocenters. The highest BCUT2D eigenvalue weighted by Crippen LogP contribution is 2.28. The molecule has 0 spiro atoms. The molecule has 0 atom stereocenters. The minimum absolute atomic E-state index is 0.0710. The minimum atomic E-state index is -3.23. The summed E-state index contributed by atoms with van der Waals surface area (Å²) in [4.78, 5) is 29.0. The second-order valence-corrected chi connectivity index (χ2v) is 9.14. The fourth-order valence-electron chi connectivity index (χ4n) is 4.26. The lowest BCUT2D eigenvalue weighted by molar-refractivity contribution is -0.131. The molecule has 1 aromatic rings. The second-order valence-electron chi connectivity index (χ2n) is 9.14. The number of nitrogens with zero attached hydrogens (tertiary/aromatic N) is 2. The van der Waals surface area contributed by atoms with Gasteiger partial charge in [0.2, 0.25) is 5.91 Å². The number of hydrogen-bond donors (Lipinski definition) is 2. The minimum Gasteiger partial charge on any atom is -0.379 e. The fourth-order valence-corrected chi connectivity index (χ4v) is 4.26. The van der Waals surface area contributed by atoms with E-state index in [2.05, 4.69) is 15.5 Å². The van der Waals surface area contributed by atoms with Crippen LogP contribution >= 0.6 is 0 Å². The number of benzene rings is 1. The summed E-state index contributed by atoms with van der Waals surface area (Å²) in [6.07, 6.45) is 2.47. The van der Waals surface area contributed by atoms with E-state index in [4.69, 9.17) is 4.74 Å². The molecule has 0 bridgehead atoms. The number of nitrogens with one attached hydrogen (secondary N) is 2. The molecule has 10 heteroatoms. The van der Waals surface area contributed by atoms with Crippen molar-refractivity contribution in [2.45, 2.75) is 32.1 Å². The molecule has 0 radical (unpaired) electrons. The molecule has 2 aliphatic rings. The van der Waals surface area contributed by atoms with E-state index in [-0.39, 0.29) is 17.4 Å². The third kappa shape index (κ3) is 8.25. The molecule has 7 nitrogen and oxygen atoms in total. The Balaban J connectivity index is 1.32. The van der Waals surface area contributed by atoms with Crippen molar-refractivity contribution in [3.63, 3.8) is 0 Å². The summed E-state index contributed by atoms with van der Waals surface area (Å²) >= 11 is 0. The molecule has 0 aliphatic carbocycles. The van der Waals surface area contributed by atoms with Crippen LogP contribution in [-0.2, 0) is 15.5 Å². The lowest BCUT2D eigenvalue weighted by Gasteiger charge is -2.32. The molecule has 2 N–H and O–H groups in total. The van der Waals surface area contributed by atoms with Crippen LogP contribution < -0.4 is 10.6 Å². The largest absolute Gasteiger partial charge is 0.379 e. The number of ether oxygens (including phenoxy) is 1. The molecule has 0 aromatic heterocycles. The first-order chi connectivity index (χ1) is 16.2. The number of amides is 2. The third-order valence-electron chi connectivity index (χ3n) is 6.39. The SMILES string of the molecule is CC(F)(F)c1cc(F)cc(C(=O)NCC2CCN(C(=O)CNCCCN3CCOCC3)CC2)c1. The highest BCUT2D eigenvalue weighted by molar-refractivity contribution is 5.94. The summed E-state index contributed by atoms with van der Waals surface area (Å²) < 4.78 is 46.0. The Bertz CT molecular complexity index is 820. The normalized spacial score (nSPS) is 18.2. The Kier molecular flexibility index (Phi) is 9.73. The van der Waals surface area contributed by atoms with E-state index in [1.165, 1.54) is 0 Å². The summed E-state index contributed by atoms with van der Waals surface area (Å²) in [5, 5.41) is 5.94. The summed E-state index contributed by atoms with van der Waals surface area (Å²) in [5.41, 5.74) is -0.650. The van der Waals surface area contributed by atoms with E-state index < -0.39 is 23.2 Å². The molecule has 2 heterocycles. The summed E-state index contributed by atoms with van der Waals surface area (Å²) in [6.45, 7) is 7.85. The van der Waals surface area contributed by atoms with Gasteiger partial charge in [0.05, 0.1) is 19.8 Å². The van der Waals surface area contributed by atoms with Crippen LogP contribution in [0.1, 0.15) is 42.1 Å². The van der Waals surface area contributed by atoms with Crippen LogP contribution in [-0.4, -0.2) is 87.2 Å². The highest BCUT2D eigenvalue weighted by Gasteiger charge is 2.27. The van der Waals surface area contributed by atoms with Gasteiger partial charge in [-0.25, -0.2) is 13.2 Å². The van der Waals surface area contributed by atoms with Gasteiger partial charge in [0.25, 0.3) is 11.8 Å². The van der Waals surface area contributed by atoms with Gasteiger partial charge in [0.1, 0.15) is 5.82 Å². The van der Waals surface area contributed by atoms with Gasteiger partial charge in [-0.2, -0.15) is 0 Å². The summed E-state index contributed by atoms with van der Waals surface area (Å²) in [6, 6.07) is 2.72. The molecule has 1 aromatic carbocycles. The van der Waals surface area contributed by atoms with Gasteiger partial charge in [-0.05, 0) is 56.5 Å². The van der Waals surface area contributed by atoms with Crippen LogP contribution in [0.2, 0.25) is 0 Å². The van der Waals surface area contributed by atoms with Gasteiger partial charge >= 0.3 is 0 Å². The average Bonchev–Trinajstić information content (AvgIpc) is 2.82. The Morgan fingerprint density at radius 3 is 2.50 bits per heavy atom. The Morgan fingerprint density at radius 2 is 1.82 bits per heavy atom. The zero-order chi connectivity index (χ0) is 24.6. The van der Waals surface area contributed by atoms with Crippen molar-refractivity contribution in [1.29, 1.82) is 0 Å². The standard InChI is InChI=1S/C24H35F3N4O3/c1-24(26,27)20-13-19(14-21(25)15-20)23(33)29-16-18-3-7-31(8-4-18)22(32)17-28-5-2-6-30-9-11-34-12-10-30/h13-15,18,28H,2-12,16-17H2,1H3,(H,29,33). The van der Waals surface area contributed by atoms with Crippen molar-refractivity contribution in [3.8, 4) is 0 Å². The monoisotopic (exact) mass is 484 g/mol. The first-order valence-electron chi connectivity index (χ1n) is 12.0. The predicted octanol–water partition coefficient (Wildman–Crippen LogP) is 2.22. The predicted molar refractivity (Wildman–Crippen MR) is 122 cm³/mol. The Hall–Kier alpha value is -2.17. The third-order valence-corrected chi connectivity index (χ3v) is 6.39. The maximum Gasteiger partial charge on any atom is 0.270 e. The first-order valence-corrected chi connectivity index (χ1v) is 12.0. The van der Waals surface area contributed by atoms with E-state index in [1.54, 1.807) is 0 Å². The van der Waals surface area contributed by atoms with E-state index in [9.17, 15) is 22.8 Å². The molecule has 3 rings (SSSR count). The molecule has 34 heavy (non-hydrogen) atoms. The summed E-state index contributed by atoms with van der Waals surface area (Å²) in [7, 11) is 0. The number of hydrogen-bond acceptors (Lipinski definition) is 5. The number of alkyl halides is 2. The second kappa shape index (κ2) is 12.5. The van der Waals surface area contributed by atoms with Crippen LogP contribution in [0, 0.1) is 11.7 Å². The van der Waals surface area contributed by atoms with Gasteiger partial charge in [-0.1, -0.05) is 0 Å². The molecule has 0 saturated carbocycles. The number of morpholine rings is 1. The van der Waals surface area contributed by atoms with Crippen LogP contribution in [0.15, 0.2) is 18.2 Å². The van der Waals surface area contributed by atoms with Gasteiger partial charge in [-0.3, -0.25) is 14.5 Å². The maximum absolute atomic E-state index is 13.7. The zero-order valence-corrected chi connectivity index (χ0v) is 19.8. The van der Waals surface area contributed by atoms with E-state index in [0.29, 0.717) is 33.1 Å². The van der Waals surface area contributed by atoms with Crippen LogP contribution in [0.5, 0.6) is 0 Å². The number of piperidine rings is 1. The molecule has 2 fully saturated rings. The molecule has 2 aliphatic heterocycles. The number of halogens is 3. The first kappa shape index (κ1) is 26.4. The lowest BCUT2D eigenvalue weighted by Crippen LogP contribution is -2.45. The van der Waals surface area contributed by atoms with Crippen molar-refractivity contribution in [2.24, 2.45) is 5.92 Å². The fraction of sp³-hybridized carbons (Fsp3) is 0.667. The highest BCUT2D eigenvalue weighted by atomic mass is 19.3. The zero-order valence-electron chi connectivity index (χ0n) is 19.8. The van der Waals surface area contributed by atoms with Gasteiger partial charge in [0.15, 0.2) is 0 Å². The van der Waals surface area contributed by atoms with Crippen molar-refractivity contribution in [3.05, 3.63) is 35.1 Å². The van der Waals surface area contributed by atoms with Crippen LogP contribution in [0.25, 0.3) is 0 Å². The molecular formula is C24H35F3N4O3. The maximum atomic E-state index is 13.7. The van der Waals surface area contributed by atoms with Gasteiger partial charge in [0, 0.05) is 50.8 Å². The number of carbonyl (C=O) groups excluding carboxylic acids is 2. The molecule has 2 saturated heterocycles. The molecule has 2 amide bonds. The van der Waals surface area contributed by atoms with Gasteiger partial charge in [-0.15, -0.1) is 0 Å². The molecular weight excluding hydrogens is 449 g/mol. The van der Waals surface area contributed by atoms with Crippen molar-refractivity contribution >= 4 is 11.8 Å². The lowest BCUT2D eigenvalue weighted by atomic mass is 9.96. The Labute approximate surface area is 199 Å². The van der Waals surface area contributed by atoms with Crippen molar-refractivity contribution in [1.82, 2.24) is 20.4 Å². The van der Waals surface area contributed by atoms with Crippen molar-refractivity contribution < 1.29 is 27.5 Å². The van der Waals surface area contributed by atoms with E-state index in [0.717, 1.165) is 76.9 Å². The van der Waals surface area contributed by atoms with E-state index >= 15 is 0 Å². The van der Waals surface area contributed by atoms with Gasteiger partial charge < -0.3 is 20.3 Å². The smallest absolute Gasteiger partial charge is 0.270 e. The molecule has 190 valence electrons. The van der Waals surface area contributed by atoms with Crippen LogP contribution in [0.4, 0.5) is 13.2 Å². The average molecular weight is 485 g/mol. The summed E-state index contributed by atoms with van der Waals surface area (Å²) in [5.74, 6) is -4.43. The quantitative estimate of drug-likeness (QED) is 0.499. The van der Waals surface area contributed by atoms with Crippen LogP contribution in [0.3, 0.4) is 0 Å². The topological polar surface area (TPSA) is 73.9 Å². The van der Waals surface area contributed by atoms with E-state index in [1.807, 2.05) is 4.90 Å². The van der Waals surface area contributed by atoms with Crippen molar-refractivity contribution in [2.75, 3.05) is 65.6 Å². The number of likely N-dealkylation sites (tertiary alicyclic amines) is 1. The Morgan fingerprint density at radius 1 is 1.12 bits per heavy atom. The number of carbonyl (C=O) groups is 2. The number of rotatable bonds is 10.